The molecule has 8 rings (SSSR count). The Morgan fingerprint density at radius 2 is 1.27 bits per heavy atom. The van der Waals surface area contributed by atoms with Crippen molar-refractivity contribution < 1.29 is 4.74 Å². The van der Waals surface area contributed by atoms with Gasteiger partial charge in [-0.25, -0.2) is 4.98 Å². The van der Waals surface area contributed by atoms with Gasteiger partial charge in [-0.1, -0.05) is 68.4 Å². The molecule has 4 aromatic heterocycles. The van der Waals surface area contributed by atoms with Crippen LogP contribution in [0, 0.1) is 0 Å². The Morgan fingerprint density at radius 1 is 0.610 bits per heavy atom. The molecule has 0 amide bonds. The Balaban J connectivity index is 1.44. The van der Waals surface area contributed by atoms with Gasteiger partial charge in [0.2, 0.25) is 0 Å². The van der Waals surface area contributed by atoms with E-state index in [0.29, 0.717) is 0 Å². The molecule has 1 aliphatic rings. The summed E-state index contributed by atoms with van der Waals surface area (Å²) in [6.45, 7) is 4.55. The lowest BCUT2D eigenvalue weighted by molar-refractivity contribution is 0.423. The average Bonchev–Trinajstić information content (AvgIpc) is 3.37. The SMILES string of the molecule is CC1(C)c2ccccc2Oc2c1ccc1c2c2ccccc2n1-c1cc(-c2ccccn2)nc(-c2ccccn2)c1. The zero-order valence-electron chi connectivity index (χ0n) is 22.7. The fraction of sp³-hybridized carbons (Fsp3) is 0.0833. The molecule has 1 aliphatic heterocycles. The number of hydrogen-bond acceptors (Lipinski definition) is 4. The Hall–Kier alpha value is -5.29. The number of nitrogens with zero attached hydrogens (tertiary/aromatic N) is 4. The van der Waals surface area contributed by atoms with E-state index in [1.54, 1.807) is 12.4 Å². The van der Waals surface area contributed by atoms with Crippen LogP contribution in [0.25, 0.3) is 50.3 Å². The number of fused-ring (bicyclic) bond motifs is 6. The average molecular weight is 531 g/mol. The van der Waals surface area contributed by atoms with Gasteiger partial charge in [0, 0.05) is 34.3 Å². The summed E-state index contributed by atoms with van der Waals surface area (Å²) in [5.41, 5.74) is 8.55. The van der Waals surface area contributed by atoms with Crippen molar-refractivity contribution in [2.75, 3.05) is 0 Å². The normalized spacial score (nSPS) is 13.5. The molecule has 5 nitrogen and oxygen atoms in total. The number of ether oxygens (including phenoxy) is 1. The van der Waals surface area contributed by atoms with Gasteiger partial charge in [-0.2, -0.15) is 0 Å². The smallest absolute Gasteiger partial charge is 0.141 e. The van der Waals surface area contributed by atoms with Gasteiger partial charge >= 0.3 is 0 Å². The standard InChI is InChI=1S/C36H26N4O/c1-36(2)25-12-4-6-16-33(25)41-35-26(36)17-18-32-34(35)24-11-3-5-15-31(24)40(32)23-21-29(27-13-7-9-19-37-27)39-30(22-23)28-14-8-10-20-38-28/h3-22H,1-2H3. The first-order chi connectivity index (χ1) is 20.1. The van der Waals surface area contributed by atoms with Crippen molar-refractivity contribution in [2.45, 2.75) is 19.3 Å². The lowest BCUT2D eigenvalue weighted by Crippen LogP contribution is -2.24. The van der Waals surface area contributed by atoms with E-state index >= 15 is 0 Å². The molecule has 0 atom stereocenters. The predicted molar refractivity (Wildman–Crippen MR) is 164 cm³/mol. The van der Waals surface area contributed by atoms with Gasteiger partial charge in [0.15, 0.2) is 0 Å². The van der Waals surface area contributed by atoms with E-state index in [-0.39, 0.29) is 5.41 Å². The number of hydrogen-bond donors (Lipinski definition) is 0. The largest absolute Gasteiger partial charge is 0.456 e. The molecule has 0 bridgehead atoms. The van der Waals surface area contributed by atoms with Gasteiger partial charge < -0.3 is 9.30 Å². The summed E-state index contributed by atoms with van der Waals surface area (Å²) in [5.74, 6) is 1.83. The third-order valence-corrected chi connectivity index (χ3v) is 8.16. The van der Waals surface area contributed by atoms with Crippen molar-refractivity contribution >= 4 is 21.8 Å². The Labute approximate surface area is 237 Å². The van der Waals surface area contributed by atoms with Crippen molar-refractivity contribution in [3.63, 3.8) is 0 Å². The number of rotatable bonds is 3. The summed E-state index contributed by atoms with van der Waals surface area (Å²) in [7, 11) is 0. The molecule has 0 saturated heterocycles. The molecule has 0 unspecified atom stereocenters. The van der Waals surface area contributed by atoms with Crippen molar-refractivity contribution in [3.8, 4) is 40.0 Å². The highest BCUT2D eigenvalue weighted by Crippen LogP contribution is 2.52. The summed E-state index contributed by atoms with van der Waals surface area (Å²) in [4.78, 5) is 14.2. The van der Waals surface area contributed by atoms with Gasteiger partial charge in [-0.05, 0) is 54.6 Å². The third-order valence-electron chi connectivity index (χ3n) is 8.16. The van der Waals surface area contributed by atoms with Crippen molar-refractivity contribution in [2.24, 2.45) is 0 Å². The van der Waals surface area contributed by atoms with Gasteiger partial charge in [0.25, 0.3) is 0 Å². The van der Waals surface area contributed by atoms with Gasteiger partial charge in [-0.3, -0.25) is 9.97 Å². The first-order valence-electron chi connectivity index (χ1n) is 13.8. The molecule has 196 valence electrons. The van der Waals surface area contributed by atoms with Crippen LogP contribution in [-0.4, -0.2) is 19.5 Å². The molecule has 3 aromatic carbocycles. The van der Waals surface area contributed by atoms with E-state index in [1.165, 1.54) is 11.1 Å². The second kappa shape index (κ2) is 8.86. The first-order valence-corrected chi connectivity index (χ1v) is 13.8. The maximum Gasteiger partial charge on any atom is 0.141 e. The lowest BCUT2D eigenvalue weighted by Gasteiger charge is -2.34. The minimum atomic E-state index is -0.198. The Kier molecular flexibility index (Phi) is 5.10. The van der Waals surface area contributed by atoms with E-state index in [4.69, 9.17) is 9.72 Å². The lowest BCUT2D eigenvalue weighted by atomic mass is 9.75. The third kappa shape index (κ3) is 3.59. The molecule has 0 spiro atoms. The van der Waals surface area contributed by atoms with E-state index in [2.05, 4.69) is 95.1 Å². The van der Waals surface area contributed by atoms with Gasteiger partial charge in [0.05, 0.1) is 44.9 Å². The molecule has 5 heterocycles. The highest BCUT2D eigenvalue weighted by Gasteiger charge is 2.36. The first kappa shape index (κ1) is 23.6. The maximum atomic E-state index is 6.72. The molecule has 0 N–H and O–H groups in total. The topological polar surface area (TPSA) is 52.8 Å². The minimum absolute atomic E-state index is 0.198. The monoisotopic (exact) mass is 530 g/mol. The van der Waals surface area contributed by atoms with Crippen LogP contribution in [0.15, 0.2) is 122 Å². The molecule has 7 aromatic rings. The molecule has 0 fully saturated rings. The van der Waals surface area contributed by atoms with E-state index in [1.807, 2.05) is 42.5 Å². The summed E-state index contributed by atoms with van der Waals surface area (Å²) >= 11 is 0. The molecular formula is C36H26N4O. The summed E-state index contributed by atoms with van der Waals surface area (Å²) < 4.78 is 9.03. The van der Waals surface area contributed by atoms with Crippen LogP contribution in [-0.2, 0) is 5.41 Å². The van der Waals surface area contributed by atoms with Crippen LogP contribution in [0.3, 0.4) is 0 Å². The van der Waals surface area contributed by atoms with Crippen molar-refractivity contribution in [1.82, 2.24) is 19.5 Å². The number of para-hydroxylation sites is 2. The summed E-state index contributed by atoms with van der Waals surface area (Å²) in [6.07, 6.45) is 3.60. The van der Waals surface area contributed by atoms with E-state index in [0.717, 1.165) is 61.8 Å². The Morgan fingerprint density at radius 3 is 1.98 bits per heavy atom. The fourth-order valence-corrected chi connectivity index (χ4v) is 6.17. The second-order valence-corrected chi connectivity index (χ2v) is 10.9. The summed E-state index contributed by atoms with van der Waals surface area (Å²) in [5, 5.41) is 2.25. The Bertz CT molecular complexity index is 2040. The van der Waals surface area contributed by atoms with Crippen molar-refractivity contribution in [1.29, 1.82) is 0 Å². The van der Waals surface area contributed by atoms with Crippen LogP contribution in [0.2, 0.25) is 0 Å². The molecule has 0 saturated carbocycles. The quantitative estimate of drug-likeness (QED) is 0.229. The number of benzene rings is 3. The molecule has 0 radical (unpaired) electrons. The van der Waals surface area contributed by atoms with Crippen LogP contribution < -0.4 is 4.74 Å². The fourth-order valence-electron chi connectivity index (χ4n) is 6.17. The zero-order chi connectivity index (χ0) is 27.6. The van der Waals surface area contributed by atoms with Crippen LogP contribution in [0.1, 0.15) is 25.0 Å². The number of pyridine rings is 3. The van der Waals surface area contributed by atoms with Crippen LogP contribution >= 0.6 is 0 Å². The number of aromatic nitrogens is 4. The van der Waals surface area contributed by atoms with E-state index in [9.17, 15) is 0 Å². The second-order valence-electron chi connectivity index (χ2n) is 10.9. The molecular weight excluding hydrogens is 504 g/mol. The van der Waals surface area contributed by atoms with E-state index < -0.39 is 0 Å². The highest BCUT2D eigenvalue weighted by atomic mass is 16.5. The molecule has 5 heteroatoms. The zero-order valence-corrected chi connectivity index (χ0v) is 22.7. The van der Waals surface area contributed by atoms with Crippen molar-refractivity contribution in [3.05, 3.63) is 133 Å². The molecule has 41 heavy (non-hydrogen) atoms. The van der Waals surface area contributed by atoms with Gasteiger partial charge in [-0.15, -0.1) is 0 Å². The predicted octanol–water partition coefficient (Wildman–Crippen LogP) is 8.73. The minimum Gasteiger partial charge on any atom is -0.456 e. The molecule has 0 aliphatic carbocycles. The van der Waals surface area contributed by atoms with Crippen LogP contribution in [0.4, 0.5) is 0 Å². The van der Waals surface area contributed by atoms with Crippen LogP contribution in [0.5, 0.6) is 11.5 Å². The van der Waals surface area contributed by atoms with Gasteiger partial charge in [0.1, 0.15) is 11.5 Å². The highest BCUT2D eigenvalue weighted by molar-refractivity contribution is 6.13. The summed E-state index contributed by atoms with van der Waals surface area (Å²) in [6, 6.07) is 37.4. The maximum absolute atomic E-state index is 6.72.